The molecule has 6 nitrogen and oxygen atoms in total. The number of carboxylic acid groups (broad SMARTS) is 1. The molecular weight excluding hydrogens is 296 g/mol. The van der Waals surface area contributed by atoms with Crippen molar-refractivity contribution in [3.63, 3.8) is 0 Å². The van der Waals surface area contributed by atoms with Crippen LogP contribution in [0.1, 0.15) is 18.4 Å². The lowest BCUT2D eigenvalue weighted by atomic mass is 9.98. The first-order chi connectivity index (χ1) is 11.2. The van der Waals surface area contributed by atoms with Crippen molar-refractivity contribution in [3.8, 4) is 0 Å². The van der Waals surface area contributed by atoms with Gasteiger partial charge in [0, 0.05) is 25.8 Å². The van der Waals surface area contributed by atoms with Crippen LogP contribution >= 0.6 is 0 Å². The lowest BCUT2D eigenvalue weighted by molar-refractivity contribution is -0.143. The average molecular weight is 320 g/mol. The number of rotatable bonds is 8. The molecule has 1 aromatic carbocycles. The molecule has 1 atom stereocenters. The molecule has 1 fully saturated rings. The molecule has 23 heavy (non-hydrogen) atoms. The normalized spacial score (nSPS) is 19.5. The van der Waals surface area contributed by atoms with E-state index in [2.05, 4.69) is 10.1 Å². The summed E-state index contributed by atoms with van der Waals surface area (Å²) in [7, 11) is 1.62. The summed E-state index contributed by atoms with van der Waals surface area (Å²) >= 11 is 0. The van der Waals surface area contributed by atoms with E-state index in [1.54, 1.807) is 7.11 Å². The standard InChI is InChI=1S/C17H24N2O4/c1-22-13-16(14-6-3-2-4-7-14)18-23-11-10-19-9-5-8-15(12-19)17(20)21/h2-4,6-7,15H,5,8-13H2,1H3,(H,20,21)/t15-/m1/s1. The minimum atomic E-state index is -0.708. The third-order valence-electron chi connectivity index (χ3n) is 3.92. The molecule has 6 heteroatoms. The van der Waals surface area contributed by atoms with E-state index < -0.39 is 5.97 Å². The van der Waals surface area contributed by atoms with Crippen LogP contribution in [0.15, 0.2) is 35.5 Å². The lowest BCUT2D eigenvalue weighted by Gasteiger charge is -2.29. The van der Waals surface area contributed by atoms with E-state index in [0.717, 1.165) is 30.7 Å². The maximum Gasteiger partial charge on any atom is 0.307 e. The Hall–Kier alpha value is -1.92. The molecule has 0 bridgehead atoms. The van der Waals surface area contributed by atoms with E-state index in [0.29, 0.717) is 26.3 Å². The Balaban J connectivity index is 1.81. The molecule has 1 aromatic rings. The summed E-state index contributed by atoms with van der Waals surface area (Å²) in [4.78, 5) is 18.6. The minimum Gasteiger partial charge on any atom is -0.481 e. The largest absolute Gasteiger partial charge is 0.481 e. The molecule has 0 radical (unpaired) electrons. The average Bonchev–Trinajstić information content (AvgIpc) is 2.58. The quantitative estimate of drug-likeness (QED) is 0.450. The van der Waals surface area contributed by atoms with Crippen molar-refractivity contribution >= 4 is 11.7 Å². The zero-order valence-corrected chi connectivity index (χ0v) is 13.5. The number of hydrogen-bond acceptors (Lipinski definition) is 5. The number of ether oxygens (including phenoxy) is 1. The maximum atomic E-state index is 11.1. The van der Waals surface area contributed by atoms with Gasteiger partial charge < -0.3 is 14.7 Å². The van der Waals surface area contributed by atoms with Crippen molar-refractivity contribution in [2.24, 2.45) is 11.1 Å². The van der Waals surface area contributed by atoms with Crippen LogP contribution in [-0.4, -0.2) is 61.6 Å². The molecule has 2 rings (SSSR count). The predicted octanol–water partition coefficient (Wildman–Crippen LogP) is 1.85. The van der Waals surface area contributed by atoms with E-state index in [4.69, 9.17) is 14.7 Å². The Morgan fingerprint density at radius 1 is 1.39 bits per heavy atom. The summed E-state index contributed by atoms with van der Waals surface area (Å²) in [6.07, 6.45) is 1.68. The number of piperidine rings is 1. The Labute approximate surface area is 136 Å². The molecule has 126 valence electrons. The topological polar surface area (TPSA) is 71.4 Å². The van der Waals surface area contributed by atoms with Gasteiger partial charge in [0.1, 0.15) is 12.3 Å². The van der Waals surface area contributed by atoms with Crippen LogP contribution in [0.2, 0.25) is 0 Å². The second-order valence-corrected chi connectivity index (χ2v) is 5.65. The molecule has 0 aliphatic carbocycles. The summed E-state index contributed by atoms with van der Waals surface area (Å²) in [6.45, 7) is 3.01. The van der Waals surface area contributed by atoms with Gasteiger partial charge in [-0.25, -0.2) is 0 Å². The number of hydrogen-bond donors (Lipinski definition) is 1. The Kier molecular flexibility index (Phi) is 7.03. The van der Waals surface area contributed by atoms with E-state index in [1.165, 1.54) is 0 Å². The van der Waals surface area contributed by atoms with Gasteiger partial charge in [-0.1, -0.05) is 35.5 Å². The Morgan fingerprint density at radius 2 is 2.17 bits per heavy atom. The first-order valence-electron chi connectivity index (χ1n) is 7.89. The second kappa shape index (κ2) is 9.27. The SMILES string of the molecule is COCC(=NOCCN1CCC[C@@H](C(=O)O)C1)c1ccccc1. The summed E-state index contributed by atoms with van der Waals surface area (Å²) in [6, 6.07) is 9.76. The smallest absolute Gasteiger partial charge is 0.307 e. The van der Waals surface area contributed by atoms with E-state index in [9.17, 15) is 4.79 Å². The van der Waals surface area contributed by atoms with Crippen molar-refractivity contribution in [2.45, 2.75) is 12.8 Å². The van der Waals surface area contributed by atoms with E-state index in [-0.39, 0.29) is 5.92 Å². The molecule has 1 saturated heterocycles. The van der Waals surface area contributed by atoms with Crippen LogP contribution in [0.5, 0.6) is 0 Å². The van der Waals surface area contributed by atoms with Crippen molar-refractivity contribution < 1.29 is 19.5 Å². The fourth-order valence-electron chi connectivity index (χ4n) is 2.68. The van der Waals surface area contributed by atoms with Crippen molar-refractivity contribution in [1.29, 1.82) is 0 Å². The van der Waals surface area contributed by atoms with Crippen LogP contribution in [0.4, 0.5) is 0 Å². The number of aliphatic carboxylic acids is 1. The molecule has 1 aliphatic rings. The fourth-order valence-corrected chi connectivity index (χ4v) is 2.68. The molecule has 1 N–H and O–H groups in total. The summed E-state index contributed by atoms with van der Waals surface area (Å²) in [5, 5.41) is 13.3. The van der Waals surface area contributed by atoms with Crippen molar-refractivity contribution in [3.05, 3.63) is 35.9 Å². The minimum absolute atomic E-state index is 0.263. The lowest BCUT2D eigenvalue weighted by Crippen LogP contribution is -2.40. The Bertz CT molecular complexity index is 519. The fraction of sp³-hybridized carbons (Fsp3) is 0.529. The number of carboxylic acids is 1. The third-order valence-corrected chi connectivity index (χ3v) is 3.92. The molecule has 0 unspecified atom stereocenters. The summed E-state index contributed by atoms with van der Waals surface area (Å²) in [5.41, 5.74) is 1.72. The molecule has 0 spiro atoms. The zero-order valence-electron chi connectivity index (χ0n) is 13.5. The van der Waals surface area contributed by atoms with Crippen molar-refractivity contribution in [2.75, 3.05) is 40.0 Å². The van der Waals surface area contributed by atoms with Gasteiger partial charge in [-0.05, 0) is 19.4 Å². The molecule has 0 amide bonds. The molecule has 1 aliphatic heterocycles. The maximum absolute atomic E-state index is 11.1. The highest BCUT2D eigenvalue weighted by atomic mass is 16.6. The number of methoxy groups -OCH3 is 1. The monoisotopic (exact) mass is 320 g/mol. The number of benzene rings is 1. The van der Waals surface area contributed by atoms with Crippen LogP contribution in [0.3, 0.4) is 0 Å². The van der Waals surface area contributed by atoms with Gasteiger partial charge in [0.15, 0.2) is 0 Å². The van der Waals surface area contributed by atoms with Crippen LogP contribution in [0, 0.1) is 5.92 Å². The highest BCUT2D eigenvalue weighted by Crippen LogP contribution is 2.16. The van der Waals surface area contributed by atoms with Crippen LogP contribution in [0.25, 0.3) is 0 Å². The number of nitrogens with zero attached hydrogens (tertiary/aromatic N) is 2. The van der Waals surface area contributed by atoms with Gasteiger partial charge in [-0.15, -0.1) is 0 Å². The first kappa shape index (κ1) is 17.4. The van der Waals surface area contributed by atoms with Gasteiger partial charge in [0.25, 0.3) is 0 Å². The molecule has 0 aromatic heterocycles. The second-order valence-electron chi connectivity index (χ2n) is 5.65. The highest BCUT2D eigenvalue weighted by Gasteiger charge is 2.24. The highest BCUT2D eigenvalue weighted by molar-refractivity contribution is 6.01. The number of carbonyl (C=O) groups is 1. The van der Waals surface area contributed by atoms with Crippen LogP contribution < -0.4 is 0 Å². The Morgan fingerprint density at radius 3 is 2.87 bits per heavy atom. The molecule has 1 heterocycles. The van der Waals surface area contributed by atoms with Crippen LogP contribution in [-0.2, 0) is 14.4 Å². The third kappa shape index (κ3) is 5.65. The predicted molar refractivity (Wildman–Crippen MR) is 87.6 cm³/mol. The number of oxime groups is 1. The van der Waals surface area contributed by atoms with E-state index in [1.807, 2.05) is 30.3 Å². The zero-order chi connectivity index (χ0) is 16.5. The summed E-state index contributed by atoms with van der Waals surface area (Å²) in [5.74, 6) is -0.972. The van der Waals surface area contributed by atoms with Crippen molar-refractivity contribution in [1.82, 2.24) is 4.90 Å². The van der Waals surface area contributed by atoms with Gasteiger partial charge in [0.05, 0.1) is 12.5 Å². The number of likely N-dealkylation sites (tertiary alicyclic amines) is 1. The first-order valence-corrected chi connectivity index (χ1v) is 7.89. The van der Waals surface area contributed by atoms with E-state index >= 15 is 0 Å². The van der Waals surface area contributed by atoms with Gasteiger partial charge in [-0.3, -0.25) is 9.69 Å². The van der Waals surface area contributed by atoms with Gasteiger partial charge in [-0.2, -0.15) is 0 Å². The molecular formula is C17H24N2O4. The van der Waals surface area contributed by atoms with Gasteiger partial charge >= 0.3 is 5.97 Å². The van der Waals surface area contributed by atoms with Gasteiger partial charge in [0.2, 0.25) is 0 Å². The molecule has 0 saturated carbocycles. The summed E-state index contributed by atoms with van der Waals surface area (Å²) < 4.78 is 5.16.